The van der Waals surface area contributed by atoms with E-state index in [-0.39, 0.29) is 29.0 Å². The molecule has 1 aliphatic rings. The van der Waals surface area contributed by atoms with Crippen LogP contribution in [0.15, 0.2) is 41.2 Å². The molecule has 10 nitrogen and oxygen atoms in total. The second-order valence-electron chi connectivity index (χ2n) is 10.5. The van der Waals surface area contributed by atoms with Gasteiger partial charge >= 0.3 is 6.09 Å². The lowest BCUT2D eigenvalue weighted by atomic mass is 9.93. The average Bonchev–Trinajstić information content (AvgIpc) is 2.79. The van der Waals surface area contributed by atoms with Crippen molar-refractivity contribution in [1.29, 1.82) is 0 Å². The summed E-state index contributed by atoms with van der Waals surface area (Å²) in [5.41, 5.74) is 0.556. The van der Waals surface area contributed by atoms with Crippen LogP contribution in [0.2, 0.25) is 0 Å². The van der Waals surface area contributed by atoms with E-state index in [1.165, 1.54) is 24.9 Å². The molecule has 2 N–H and O–H groups in total. The van der Waals surface area contributed by atoms with Crippen molar-refractivity contribution >= 4 is 43.9 Å². The summed E-state index contributed by atoms with van der Waals surface area (Å²) in [4.78, 5) is 24.9. The van der Waals surface area contributed by atoms with E-state index < -0.39 is 27.2 Å². The molecule has 0 bridgehead atoms. The van der Waals surface area contributed by atoms with Gasteiger partial charge in [0.2, 0.25) is 5.88 Å². The fourth-order valence-electron chi connectivity index (χ4n) is 4.19. The molecule has 0 spiro atoms. The van der Waals surface area contributed by atoms with Crippen LogP contribution in [0.4, 0.5) is 26.4 Å². The Morgan fingerprint density at radius 3 is 2.55 bits per heavy atom. The molecule has 2 aromatic heterocycles. The van der Waals surface area contributed by atoms with Gasteiger partial charge in [0.05, 0.1) is 16.6 Å². The molecule has 12 heteroatoms. The lowest BCUT2D eigenvalue weighted by molar-refractivity contribution is 0.0469. The van der Waals surface area contributed by atoms with Gasteiger partial charge in [-0.25, -0.2) is 28.3 Å². The molecule has 2 heterocycles. The van der Waals surface area contributed by atoms with Crippen molar-refractivity contribution in [1.82, 2.24) is 20.3 Å². The fraction of sp³-hybridized carbons (Fsp3) is 0.462. The van der Waals surface area contributed by atoms with Crippen LogP contribution in [-0.2, 0) is 14.5 Å². The van der Waals surface area contributed by atoms with E-state index in [1.807, 2.05) is 20.8 Å². The summed E-state index contributed by atoms with van der Waals surface area (Å²) in [6.45, 7) is 5.49. The lowest BCUT2D eigenvalue weighted by Crippen LogP contribution is -2.42. The summed E-state index contributed by atoms with van der Waals surface area (Å²) in [5, 5.41) is 6.23. The monoisotopic (exact) mass is 544 g/mol. The summed E-state index contributed by atoms with van der Waals surface area (Å²) >= 11 is 0. The van der Waals surface area contributed by atoms with Crippen molar-refractivity contribution in [3.8, 4) is 5.88 Å². The minimum Gasteiger partial charge on any atom is -0.473 e. The molecule has 1 amide bonds. The van der Waals surface area contributed by atoms with Crippen molar-refractivity contribution in [2.45, 2.75) is 64.2 Å². The molecule has 3 aromatic rings. The highest BCUT2D eigenvalue weighted by Crippen LogP contribution is 2.33. The number of carbonyl (C=O) groups excluding carboxylic acids is 1. The smallest absolute Gasteiger partial charge is 0.407 e. The van der Waals surface area contributed by atoms with Crippen LogP contribution in [0, 0.1) is 5.82 Å². The van der Waals surface area contributed by atoms with Gasteiger partial charge in [0.1, 0.15) is 35.4 Å². The zero-order valence-electron chi connectivity index (χ0n) is 22.2. The molecule has 0 aliphatic heterocycles. The molecule has 38 heavy (non-hydrogen) atoms. The summed E-state index contributed by atoms with van der Waals surface area (Å²) in [6, 6.07) is 6.33. The molecule has 0 saturated heterocycles. The molecule has 0 atom stereocenters. The summed E-state index contributed by atoms with van der Waals surface area (Å²) < 4.78 is 42.8. The first-order chi connectivity index (χ1) is 17.9. The van der Waals surface area contributed by atoms with Gasteiger partial charge in [-0.3, -0.25) is 0 Å². The minimum atomic E-state index is -2.46. The Balaban J connectivity index is 1.47. The molecule has 0 unspecified atom stereocenters. The third-order valence-corrected chi connectivity index (χ3v) is 6.35. The van der Waals surface area contributed by atoms with Gasteiger partial charge in [0.25, 0.3) is 0 Å². The van der Waals surface area contributed by atoms with E-state index in [9.17, 15) is 9.00 Å². The first kappa shape index (κ1) is 27.5. The number of alkyl carbamates (subject to hydrolysis) is 1. The number of nitrogens with zero attached hydrogens (tertiary/aromatic N) is 4. The topological polar surface area (TPSA) is 128 Å². The quantitative estimate of drug-likeness (QED) is 0.417. The van der Waals surface area contributed by atoms with E-state index in [2.05, 4.69) is 29.9 Å². The van der Waals surface area contributed by atoms with Crippen molar-refractivity contribution < 1.29 is 22.9 Å². The largest absolute Gasteiger partial charge is 0.473 e. The van der Waals surface area contributed by atoms with Gasteiger partial charge in [0.15, 0.2) is 0 Å². The normalized spacial score (nSPS) is 18.1. The van der Waals surface area contributed by atoms with Gasteiger partial charge < -0.3 is 20.1 Å². The average molecular weight is 545 g/mol. The highest BCUT2D eigenvalue weighted by atomic mass is 32.2. The number of benzene rings is 1. The lowest BCUT2D eigenvalue weighted by Gasteiger charge is -2.30. The number of rotatable bonds is 6. The molecule has 0 radical (unpaired) electrons. The van der Waals surface area contributed by atoms with Crippen LogP contribution >= 0.6 is 0 Å². The Labute approximate surface area is 221 Å². The van der Waals surface area contributed by atoms with Gasteiger partial charge in [-0.2, -0.15) is 4.36 Å². The number of hydrogen-bond acceptors (Lipinski definition) is 9. The van der Waals surface area contributed by atoms with Crippen molar-refractivity contribution in [3.63, 3.8) is 0 Å². The molecule has 4 rings (SSSR count). The van der Waals surface area contributed by atoms with Gasteiger partial charge in [-0.15, -0.1) is 0 Å². The number of nitrogens with one attached hydrogen (secondary N) is 2. The minimum absolute atomic E-state index is 0.0202. The maximum absolute atomic E-state index is 15.1. The molecule has 1 aliphatic carbocycles. The van der Waals surface area contributed by atoms with E-state index in [0.717, 1.165) is 25.7 Å². The van der Waals surface area contributed by atoms with Crippen LogP contribution in [-0.4, -0.2) is 55.5 Å². The summed E-state index contributed by atoms with van der Waals surface area (Å²) in [7, 11) is -2.46. The van der Waals surface area contributed by atoms with Gasteiger partial charge in [0, 0.05) is 40.5 Å². The predicted molar refractivity (Wildman–Crippen MR) is 145 cm³/mol. The number of anilines is 2. The number of halogens is 1. The van der Waals surface area contributed by atoms with Crippen LogP contribution in [0.5, 0.6) is 5.88 Å². The highest BCUT2D eigenvalue weighted by molar-refractivity contribution is 7.92. The van der Waals surface area contributed by atoms with Crippen LogP contribution < -0.4 is 15.4 Å². The zero-order valence-corrected chi connectivity index (χ0v) is 23.0. The first-order valence-electron chi connectivity index (χ1n) is 12.4. The maximum atomic E-state index is 15.1. The van der Waals surface area contributed by atoms with Crippen LogP contribution in [0.1, 0.15) is 46.5 Å². The third-order valence-electron chi connectivity index (χ3n) is 5.70. The molecule has 1 fully saturated rings. The Kier molecular flexibility index (Phi) is 8.00. The first-order valence-corrected chi connectivity index (χ1v) is 14.7. The number of aromatic nitrogens is 3. The van der Waals surface area contributed by atoms with Crippen LogP contribution in [0.3, 0.4) is 0 Å². The third kappa shape index (κ3) is 7.50. The zero-order chi connectivity index (χ0) is 27.5. The number of fused-ring (bicyclic) bond motifs is 1. The second-order valence-corrected chi connectivity index (χ2v) is 13.1. The number of amides is 1. The predicted octanol–water partition coefficient (Wildman–Crippen LogP) is 5.48. The summed E-state index contributed by atoms with van der Waals surface area (Å²) in [6.07, 6.45) is 8.34. The number of pyridine rings is 1. The van der Waals surface area contributed by atoms with Crippen molar-refractivity contribution in [2.75, 3.05) is 17.8 Å². The Bertz CT molecular complexity index is 1440. The SMILES string of the molecule is CC(C)(C)OC(=O)N[C@H]1CC[C@H](Oc2ncccc2Nc2ncnc3cc(N=S(C)(C)=O)cc(F)c23)CC1. The fourth-order valence-corrected chi connectivity index (χ4v) is 4.81. The maximum Gasteiger partial charge on any atom is 0.407 e. The second kappa shape index (κ2) is 11.1. The molecule has 1 aromatic carbocycles. The molecular formula is C26H33FN6O4S. The molecular weight excluding hydrogens is 511 g/mol. The van der Waals surface area contributed by atoms with Gasteiger partial charge in [-0.1, -0.05) is 0 Å². The van der Waals surface area contributed by atoms with Crippen molar-refractivity contribution in [3.05, 3.63) is 42.6 Å². The molecule has 204 valence electrons. The standard InChI is InChI=1S/C26H33FN6O4S/c1-26(2,3)37-25(34)31-16-8-10-18(11-9-16)36-24-20(7-6-12-28-24)32-23-22-19(27)13-17(33-38(4,5)35)14-21(22)29-15-30-23/h6-7,12-16,18H,8-11H2,1-5H3,(H,31,34)(H,29,30,32)/t16-,18-. The van der Waals surface area contributed by atoms with Crippen molar-refractivity contribution in [2.24, 2.45) is 4.36 Å². The Hall–Kier alpha value is -3.54. The Morgan fingerprint density at radius 2 is 1.87 bits per heavy atom. The van der Waals surface area contributed by atoms with Crippen LogP contribution in [0.25, 0.3) is 10.9 Å². The summed E-state index contributed by atoms with van der Waals surface area (Å²) in [5.74, 6) is 0.0256. The highest BCUT2D eigenvalue weighted by Gasteiger charge is 2.26. The van der Waals surface area contributed by atoms with Gasteiger partial charge in [-0.05, 0) is 64.7 Å². The van der Waals surface area contributed by atoms with E-state index in [0.29, 0.717) is 17.1 Å². The van der Waals surface area contributed by atoms with E-state index >= 15 is 4.39 Å². The van der Waals surface area contributed by atoms with E-state index in [4.69, 9.17) is 9.47 Å². The number of hydrogen-bond donors (Lipinski definition) is 2. The Morgan fingerprint density at radius 1 is 1.13 bits per heavy atom. The molecule has 1 saturated carbocycles. The van der Waals surface area contributed by atoms with E-state index in [1.54, 1.807) is 24.4 Å². The number of carbonyl (C=O) groups is 1. The number of ether oxygens (including phenoxy) is 2.